The van der Waals surface area contributed by atoms with Crippen LogP contribution in [0.25, 0.3) is 0 Å². The van der Waals surface area contributed by atoms with Gasteiger partial charge < -0.3 is 4.84 Å². The number of hydrogen-bond acceptors (Lipinski definition) is 2. The molecule has 0 saturated heterocycles. The summed E-state index contributed by atoms with van der Waals surface area (Å²) in [5.74, 6) is 0. The Bertz CT molecular complexity index is 260. The van der Waals surface area contributed by atoms with E-state index in [-0.39, 0.29) is 0 Å². The second-order valence-corrected chi connectivity index (χ2v) is 2.27. The third kappa shape index (κ3) is 2.24. The zero-order chi connectivity index (χ0) is 8.10. The molecule has 11 heavy (non-hydrogen) atoms. The Labute approximate surface area is 70.4 Å². The number of benzene rings is 1. The number of halogens is 1. The van der Waals surface area contributed by atoms with Crippen molar-refractivity contribution in [3.05, 3.63) is 34.9 Å². The van der Waals surface area contributed by atoms with Gasteiger partial charge in [0.1, 0.15) is 7.11 Å². The average molecular weight is 169 g/mol. The van der Waals surface area contributed by atoms with Gasteiger partial charge in [-0.3, -0.25) is 0 Å². The van der Waals surface area contributed by atoms with E-state index in [2.05, 4.69) is 16.1 Å². The predicted molar refractivity (Wildman–Crippen MR) is 44.9 cm³/mol. The second kappa shape index (κ2) is 3.98. The Morgan fingerprint density at radius 3 is 3.18 bits per heavy atom. The molecule has 0 bridgehead atoms. The van der Waals surface area contributed by atoms with Crippen LogP contribution in [0.4, 0.5) is 0 Å². The predicted octanol–water partition coefficient (Wildman–Crippen LogP) is 2.12. The molecule has 0 fully saturated rings. The Morgan fingerprint density at radius 1 is 1.73 bits per heavy atom. The van der Waals surface area contributed by atoms with Crippen molar-refractivity contribution in [1.82, 2.24) is 0 Å². The summed E-state index contributed by atoms with van der Waals surface area (Å²) >= 11 is 5.79. The summed E-state index contributed by atoms with van der Waals surface area (Å²) in [7, 11) is 1.48. The zero-order valence-electron chi connectivity index (χ0n) is 6.04. The topological polar surface area (TPSA) is 21.6 Å². The van der Waals surface area contributed by atoms with Gasteiger partial charge in [-0.15, -0.1) is 0 Å². The van der Waals surface area contributed by atoms with Gasteiger partial charge in [0.2, 0.25) is 0 Å². The lowest BCUT2D eigenvalue weighted by atomic mass is 10.2. The molecule has 57 valence electrons. The summed E-state index contributed by atoms with van der Waals surface area (Å²) in [4.78, 5) is 4.50. The van der Waals surface area contributed by atoms with Gasteiger partial charge in [0.05, 0.1) is 6.21 Å². The summed E-state index contributed by atoms with van der Waals surface area (Å²) in [5, 5.41) is 4.22. The van der Waals surface area contributed by atoms with E-state index >= 15 is 0 Å². The van der Waals surface area contributed by atoms with Gasteiger partial charge in [0.15, 0.2) is 0 Å². The molecule has 0 saturated carbocycles. The third-order valence-electron chi connectivity index (χ3n) is 1.14. The first kappa shape index (κ1) is 8.08. The number of rotatable bonds is 2. The Hall–Kier alpha value is -1.02. The van der Waals surface area contributed by atoms with Gasteiger partial charge in [0, 0.05) is 10.6 Å². The highest BCUT2D eigenvalue weighted by Gasteiger charge is 1.92. The summed E-state index contributed by atoms with van der Waals surface area (Å²) in [6.45, 7) is 0. The summed E-state index contributed by atoms with van der Waals surface area (Å²) in [6, 6.07) is 8.11. The Kier molecular flexibility index (Phi) is 2.93. The van der Waals surface area contributed by atoms with Gasteiger partial charge in [-0.25, -0.2) is 0 Å². The molecule has 0 atom stereocenters. The van der Waals surface area contributed by atoms with Crippen molar-refractivity contribution < 1.29 is 4.84 Å². The fraction of sp³-hybridized carbons (Fsp3) is 0.125. The smallest absolute Gasteiger partial charge is 0.106 e. The highest BCUT2D eigenvalue weighted by molar-refractivity contribution is 6.33. The van der Waals surface area contributed by atoms with Crippen LogP contribution in [0.5, 0.6) is 0 Å². The van der Waals surface area contributed by atoms with E-state index < -0.39 is 0 Å². The Morgan fingerprint density at radius 2 is 2.55 bits per heavy atom. The molecule has 1 aromatic carbocycles. The van der Waals surface area contributed by atoms with Crippen molar-refractivity contribution in [3.63, 3.8) is 0 Å². The molecule has 0 aliphatic heterocycles. The molecule has 2 nitrogen and oxygen atoms in total. The molecule has 1 aromatic rings. The zero-order valence-corrected chi connectivity index (χ0v) is 6.80. The lowest BCUT2D eigenvalue weighted by Crippen LogP contribution is -1.82. The molecule has 0 unspecified atom stereocenters. The monoisotopic (exact) mass is 168 g/mol. The van der Waals surface area contributed by atoms with Gasteiger partial charge in [-0.2, -0.15) is 0 Å². The highest BCUT2D eigenvalue weighted by atomic mass is 35.5. The molecular formula is C8H7ClNO. The minimum atomic E-state index is 0.643. The average Bonchev–Trinajstić information content (AvgIpc) is 2.03. The summed E-state index contributed by atoms with van der Waals surface area (Å²) in [6.07, 6.45) is 1.54. The van der Waals surface area contributed by atoms with Gasteiger partial charge in [-0.05, 0) is 18.2 Å². The first-order chi connectivity index (χ1) is 5.34. The minimum absolute atomic E-state index is 0.643. The first-order valence-corrected chi connectivity index (χ1v) is 3.44. The van der Waals surface area contributed by atoms with Crippen LogP contribution in [0.2, 0.25) is 5.02 Å². The minimum Gasteiger partial charge on any atom is -0.399 e. The van der Waals surface area contributed by atoms with Crippen LogP contribution in [0.15, 0.2) is 23.4 Å². The van der Waals surface area contributed by atoms with Crippen molar-refractivity contribution in [2.45, 2.75) is 0 Å². The molecule has 3 heteroatoms. The normalized spacial score (nSPS) is 10.4. The molecule has 0 aliphatic rings. The highest BCUT2D eigenvalue weighted by Crippen LogP contribution is 2.11. The molecule has 0 spiro atoms. The van der Waals surface area contributed by atoms with Crippen LogP contribution in [0.1, 0.15) is 5.56 Å². The van der Waals surface area contributed by atoms with E-state index in [9.17, 15) is 0 Å². The maximum Gasteiger partial charge on any atom is 0.106 e. The maximum absolute atomic E-state index is 5.79. The summed E-state index contributed by atoms with van der Waals surface area (Å²) in [5.41, 5.74) is 0.802. The van der Waals surface area contributed by atoms with E-state index in [4.69, 9.17) is 11.6 Å². The quantitative estimate of drug-likeness (QED) is 0.490. The molecule has 0 heterocycles. The number of nitrogens with zero attached hydrogens (tertiary/aromatic N) is 1. The van der Waals surface area contributed by atoms with E-state index in [1.54, 1.807) is 24.4 Å². The van der Waals surface area contributed by atoms with Crippen LogP contribution in [0, 0.1) is 6.07 Å². The van der Waals surface area contributed by atoms with Crippen LogP contribution < -0.4 is 0 Å². The lowest BCUT2D eigenvalue weighted by molar-refractivity contribution is 0.215. The molecular weight excluding hydrogens is 162 g/mol. The number of oxime groups is 1. The summed E-state index contributed by atoms with van der Waals surface area (Å²) < 4.78 is 0. The van der Waals surface area contributed by atoms with Crippen molar-refractivity contribution in [3.8, 4) is 0 Å². The van der Waals surface area contributed by atoms with Crippen molar-refractivity contribution in [2.24, 2.45) is 5.16 Å². The SMILES string of the molecule is CO/N=C/c1c[c]ccc1Cl. The van der Waals surface area contributed by atoms with Gasteiger partial charge in [0.25, 0.3) is 0 Å². The molecule has 0 aliphatic carbocycles. The molecule has 0 amide bonds. The first-order valence-electron chi connectivity index (χ1n) is 3.06. The van der Waals surface area contributed by atoms with E-state index in [1.165, 1.54) is 7.11 Å². The van der Waals surface area contributed by atoms with Crippen LogP contribution in [-0.4, -0.2) is 13.3 Å². The fourth-order valence-electron chi connectivity index (χ4n) is 0.633. The molecule has 0 N–H and O–H groups in total. The maximum atomic E-state index is 5.79. The standard InChI is InChI=1S/C8H7ClNO/c1-11-10-6-7-4-2-3-5-8(7)9/h3-6H,1H3/b10-6+. The van der Waals surface area contributed by atoms with Crippen LogP contribution in [-0.2, 0) is 4.84 Å². The van der Waals surface area contributed by atoms with Crippen LogP contribution in [0.3, 0.4) is 0 Å². The lowest BCUT2D eigenvalue weighted by Gasteiger charge is -1.93. The Balaban J connectivity index is 2.86. The van der Waals surface area contributed by atoms with E-state index in [0.717, 1.165) is 5.56 Å². The number of hydrogen-bond donors (Lipinski definition) is 0. The van der Waals surface area contributed by atoms with Crippen molar-refractivity contribution >= 4 is 17.8 Å². The van der Waals surface area contributed by atoms with Gasteiger partial charge >= 0.3 is 0 Å². The second-order valence-electron chi connectivity index (χ2n) is 1.86. The van der Waals surface area contributed by atoms with Crippen LogP contribution >= 0.6 is 11.6 Å². The van der Waals surface area contributed by atoms with Gasteiger partial charge in [-0.1, -0.05) is 22.8 Å². The van der Waals surface area contributed by atoms with E-state index in [0.29, 0.717) is 5.02 Å². The third-order valence-corrected chi connectivity index (χ3v) is 1.48. The fourth-order valence-corrected chi connectivity index (χ4v) is 0.799. The van der Waals surface area contributed by atoms with E-state index in [1.807, 2.05) is 0 Å². The largest absolute Gasteiger partial charge is 0.399 e. The molecule has 1 radical (unpaired) electrons. The molecule has 0 aromatic heterocycles. The van der Waals surface area contributed by atoms with Crippen molar-refractivity contribution in [2.75, 3.05) is 7.11 Å². The van der Waals surface area contributed by atoms with Crippen molar-refractivity contribution in [1.29, 1.82) is 0 Å². The molecule has 1 rings (SSSR count).